The molecule has 0 bridgehead atoms. The van der Waals surface area contributed by atoms with E-state index in [1.165, 1.54) is 62.1 Å². The topological polar surface area (TPSA) is 18.5 Å². The van der Waals surface area contributed by atoms with Crippen molar-refractivity contribution in [2.75, 3.05) is 45.2 Å². The molecular weight excluding hydrogens is 258 g/mol. The Balaban J connectivity index is 1.51. The van der Waals surface area contributed by atoms with E-state index < -0.39 is 0 Å². The van der Waals surface area contributed by atoms with E-state index in [9.17, 15) is 0 Å². The monoisotopic (exact) mass is 287 g/mol. The molecule has 2 heterocycles. The van der Waals surface area contributed by atoms with Crippen LogP contribution in [0.1, 0.15) is 30.4 Å². The number of piperidine rings is 1. The molecule has 2 aliphatic rings. The van der Waals surface area contributed by atoms with Crippen molar-refractivity contribution in [1.82, 2.24) is 10.2 Å². The van der Waals surface area contributed by atoms with Gasteiger partial charge in [0.05, 0.1) is 0 Å². The molecule has 1 aromatic rings. The van der Waals surface area contributed by atoms with Crippen molar-refractivity contribution in [3.8, 4) is 0 Å². The highest BCUT2D eigenvalue weighted by atomic mass is 15.1. The second-order valence-electron chi connectivity index (χ2n) is 6.89. The standard InChI is InChI=1S/C18H29N3/c1-20-9-3-5-16(14-20)13-19-12-15-7-8-18-17(11-15)6-4-10-21(18)2/h7-8,11,16,19H,3-6,9-10,12-14H2,1-2H3. The molecule has 1 N–H and O–H groups in total. The number of benzene rings is 1. The van der Waals surface area contributed by atoms with Gasteiger partial charge in [-0.1, -0.05) is 12.1 Å². The molecule has 1 unspecified atom stereocenters. The molecule has 0 amide bonds. The van der Waals surface area contributed by atoms with E-state index in [2.05, 4.69) is 47.4 Å². The lowest BCUT2D eigenvalue weighted by Crippen LogP contribution is -2.37. The number of nitrogens with one attached hydrogen (secondary N) is 1. The summed E-state index contributed by atoms with van der Waals surface area (Å²) in [4.78, 5) is 4.85. The molecule has 3 heteroatoms. The summed E-state index contributed by atoms with van der Waals surface area (Å²) in [5, 5.41) is 3.67. The zero-order chi connectivity index (χ0) is 14.7. The smallest absolute Gasteiger partial charge is 0.0396 e. The average Bonchev–Trinajstić information content (AvgIpc) is 2.47. The number of likely N-dealkylation sites (tertiary alicyclic amines) is 1. The molecule has 0 radical (unpaired) electrons. The first-order valence-corrected chi connectivity index (χ1v) is 8.44. The molecule has 116 valence electrons. The number of rotatable bonds is 4. The van der Waals surface area contributed by atoms with Gasteiger partial charge in [0, 0.05) is 32.4 Å². The normalized spacial score (nSPS) is 23.1. The molecular formula is C18H29N3. The minimum Gasteiger partial charge on any atom is -0.374 e. The van der Waals surface area contributed by atoms with Crippen LogP contribution in [-0.2, 0) is 13.0 Å². The Kier molecular flexibility index (Phi) is 4.81. The lowest BCUT2D eigenvalue weighted by atomic mass is 9.98. The highest BCUT2D eigenvalue weighted by Crippen LogP contribution is 2.26. The maximum atomic E-state index is 3.67. The first-order chi connectivity index (χ1) is 10.2. The maximum absolute atomic E-state index is 3.67. The number of nitrogens with zero attached hydrogens (tertiary/aromatic N) is 2. The summed E-state index contributed by atoms with van der Waals surface area (Å²) in [6.45, 7) is 5.88. The zero-order valence-electron chi connectivity index (χ0n) is 13.6. The van der Waals surface area contributed by atoms with Crippen molar-refractivity contribution in [2.45, 2.75) is 32.2 Å². The van der Waals surface area contributed by atoms with Crippen molar-refractivity contribution in [1.29, 1.82) is 0 Å². The third-order valence-corrected chi connectivity index (χ3v) is 4.98. The van der Waals surface area contributed by atoms with Gasteiger partial charge in [-0.2, -0.15) is 0 Å². The molecule has 0 aromatic heterocycles. The van der Waals surface area contributed by atoms with Gasteiger partial charge in [-0.3, -0.25) is 0 Å². The van der Waals surface area contributed by atoms with Gasteiger partial charge in [0.15, 0.2) is 0 Å². The Morgan fingerprint density at radius 2 is 2.10 bits per heavy atom. The highest BCUT2D eigenvalue weighted by molar-refractivity contribution is 5.56. The van der Waals surface area contributed by atoms with Crippen LogP contribution in [0, 0.1) is 5.92 Å². The SMILES string of the molecule is CN1CCCC(CNCc2ccc3c(c2)CCCN3C)C1. The molecule has 3 nitrogen and oxygen atoms in total. The van der Waals surface area contributed by atoms with Crippen LogP contribution in [0.15, 0.2) is 18.2 Å². The molecule has 0 aliphatic carbocycles. The van der Waals surface area contributed by atoms with Crippen LogP contribution >= 0.6 is 0 Å². The van der Waals surface area contributed by atoms with Gasteiger partial charge in [-0.15, -0.1) is 0 Å². The first-order valence-electron chi connectivity index (χ1n) is 8.44. The largest absolute Gasteiger partial charge is 0.374 e. The number of hydrogen-bond donors (Lipinski definition) is 1. The third-order valence-electron chi connectivity index (χ3n) is 4.98. The number of aryl methyl sites for hydroxylation is 1. The van der Waals surface area contributed by atoms with Gasteiger partial charge in [0.2, 0.25) is 0 Å². The van der Waals surface area contributed by atoms with Gasteiger partial charge in [0.1, 0.15) is 0 Å². The summed E-state index contributed by atoms with van der Waals surface area (Å²) >= 11 is 0. The van der Waals surface area contributed by atoms with Gasteiger partial charge >= 0.3 is 0 Å². The van der Waals surface area contributed by atoms with Crippen molar-refractivity contribution in [2.24, 2.45) is 5.92 Å². The third kappa shape index (κ3) is 3.78. The van der Waals surface area contributed by atoms with Gasteiger partial charge in [-0.05, 0) is 68.9 Å². The van der Waals surface area contributed by atoms with Crippen LogP contribution in [0.3, 0.4) is 0 Å². The molecule has 21 heavy (non-hydrogen) atoms. The molecule has 1 saturated heterocycles. The molecule has 1 aromatic carbocycles. The van der Waals surface area contributed by atoms with Crippen LogP contribution in [0.4, 0.5) is 5.69 Å². The Hall–Kier alpha value is -1.06. The molecule has 3 rings (SSSR count). The predicted octanol–water partition coefficient (Wildman–Crippen LogP) is 2.50. The minimum atomic E-state index is 0.826. The zero-order valence-corrected chi connectivity index (χ0v) is 13.6. The van der Waals surface area contributed by atoms with Crippen molar-refractivity contribution in [3.05, 3.63) is 29.3 Å². The summed E-state index contributed by atoms with van der Waals surface area (Å²) in [6.07, 6.45) is 5.26. The molecule has 2 aliphatic heterocycles. The van der Waals surface area contributed by atoms with E-state index >= 15 is 0 Å². The van der Waals surface area contributed by atoms with Gasteiger partial charge in [-0.25, -0.2) is 0 Å². The maximum Gasteiger partial charge on any atom is 0.0396 e. The fourth-order valence-electron chi connectivity index (χ4n) is 3.81. The van der Waals surface area contributed by atoms with Crippen molar-refractivity contribution < 1.29 is 0 Å². The Bertz CT molecular complexity index is 472. The van der Waals surface area contributed by atoms with E-state index in [0.717, 1.165) is 19.0 Å². The van der Waals surface area contributed by atoms with E-state index in [4.69, 9.17) is 0 Å². The van der Waals surface area contributed by atoms with Crippen LogP contribution in [0.2, 0.25) is 0 Å². The van der Waals surface area contributed by atoms with E-state index in [-0.39, 0.29) is 0 Å². The fourth-order valence-corrected chi connectivity index (χ4v) is 3.81. The van der Waals surface area contributed by atoms with Crippen LogP contribution in [0.25, 0.3) is 0 Å². The van der Waals surface area contributed by atoms with Gasteiger partial charge in [0.25, 0.3) is 0 Å². The summed E-state index contributed by atoms with van der Waals surface area (Å²) in [7, 11) is 4.45. The predicted molar refractivity (Wildman–Crippen MR) is 90.0 cm³/mol. The lowest BCUT2D eigenvalue weighted by Gasteiger charge is -2.30. The second kappa shape index (κ2) is 6.80. The molecule has 0 spiro atoms. The second-order valence-corrected chi connectivity index (χ2v) is 6.89. The number of anilines is 1. The van der Waals surface area contributed by atoms with E-state index in [0.29, 0.717) is 0 Å². The summed E-state index contributed by atoms with van der Waals surface area (Å²) in [6, 6.07) is 7.01. The number of hydrogen-bond acceptors (Lipinski definition) is 3. The Morgan fingerprint density at radius 3 is 2.95 bits per heavy atom. The Morgan fingerprint density at radius 1 is 1.19 bits per heavy atom. The minimum absolute atomic E-state index is 0.826. The first kappa shape index (κ1) is 14.9. The molecule has 1 atom stereocenters. The summed E-state index contributed by atoms with van der Waals surface area (Å²) < 4.78 is 0. The van der Waals surface area contributed by atoms with Crippen LogP contribution in [0.5, 0.6) is 0 Å². The highest BCUT2D eigenvalue weighted by Gasteiger charge is 2.17. The average molecular weight is 287 g/mol. The summed E-state index contributed by atoms with van der Waals surface area (Å²) in [5.41, 5.74) is 4.40. The molecule has 1 fully saturated rings. The van der Waals surface area contributed by atoms with E-state index in [1.807, 2.05) is 0 Å². The number of fused-ring (bicyclic) bond motifs is 1. The fraction of sp³-hybridized carbons (Fsp3) is 0.667. The summed E-state index contributed by atoms with van der Waals surface area (Å²) in [5.74, 6) is 0.826. The van der Waals surface area contributed by atoms with Crippen LogP contribution < -0.4 is 10.2 Å². The quantitative estimate of drug-likeness (QED) is 0.918. The van der Waals surface area contributed by atoms with Gasteiger partial charge < -0.3 is 15.1 Å². The van der Waals surface area contributed by atoms with Crippen LogP contribution in [-0.4, -0.2) is 45.2 Å². The van der Waals surface area contributed by atoms with Crippen molar-refractivity contribution >= 4 is 5.69 Å². The molecule has 0 saturated carbocycles. The van der Waals surface area contributed by atoms with E-state index in [1.54, 1.807) is 0 Å². The Labute approximate surface area is 129 Å². The van der Waals surface area contributed by atoms with Crippen molar-refractivity contribution in [3.63, 3.8) is 0 Å². The lowest BCUT2D eigenvalue weighted by molar-refractivity contribution is 0.206.